The van der Waals surface area contributed by atoms with E-state index in [1.807, 2.05) is 30.5 Å². The largest absolute Gasteiger partial charge is 0.353 e. The van der Waals surface area contributed by atoms with E-state index in [4.69, 9.17) is 0 Å². The van der Waals surface area contributed by atoms with Crippen LogP contribution in [-0.2, 0) is 16.6 Å². The first-order valence-electron chi connectivity index (χ1n) is 9.17. The maximum Gasteiger partial charge on any atom is 0.240 e. The second-order valence-corrected chi connectivity index (χ2v) is 8.30. The highest BCUT2D eigenvalue weighted by molar-refractivity contribution is 7.89. The number of aliphatic imine (C=N–C) groups is 1. The summed E-state index contributed by atoms with van der Waals surface area (Å²) in [5.41, 5.74) is 0.879. The first-order valence-corrected chi connectivity index (χ1v) is 10.7. The minimum absolute atomic E-state index is 0.258. The Balaban J connectivity index is 1.58. The summed E-state index contributed by atoms with van der Waals surface area (Å²) in [5.74, 6) is 1.80. The molecule has 1 aliphatic rings. The molecule has 0 saturated carbocycles. The molecule has 0 radical (unpaired) electrons. The number of pyridine rings is 1. The molecule has 0 bridgehead atoms. The number of benzene rings is 1. The van der Waals surface area contributed by atoms with E-state index >= 15 is 0 Å². The summed E-state index contributed by atoms with van der Waals surface area (Å²) in [6.07, 6.45) is 1.81. The number of guanidine groups is 1. The van der Waals surface area contributed by atoms with Crippen molar-refractivity contribution in [2.45, 2.75) is 11.4 Å². The fourth-order valence-electron chi connectivity index (χ4n) is 3.14. The van der Waals surface area contributed by atoms with Gasteiger partial charge in [0.2, 0.25) is 10.0 Å². The van der Waals surface area contributed by atoms with Crippen LogP contribution < -0.4 is 14.9 Å². The van der Waals surface area contributed by atoms with Crippen LogP contribution in [0, 0.1) is 0 Å². The molecular formula is C19H26N6O2S. The van der Waals surface area contributed by atoms with E-state index in [0.717, 1.165) is 43.5 Å². The molecule has 8 nitrogen and oxygen atoms in total. The number of hydrogen-bond acceptors (Lipinski definition) is 5. The Bertz CT molecular complexity index is 909. The fourth-order valence-corrected chi connectivity index (χ4v) is 3.94. The molecule has 9 heteroatoms. The van der Waals surface area contributed by atoms with Crippen molar-refractivity contribution in [3.05, 3.63) is 54.2 Å². The topological polar surface area (TPSA) is 89.9 Å². The molecule has 150 valence electrons. The van der Waals surface area contributed by atoms with Crippen LogP contribution in [0.4, 0.5) is 5.82 Å². The van der Waals surface area contributed by atoms with E-state index in [2.05, 4.69) is 29.8 Å². The molecule has 1 saturated heterocycles. The van der Waals surface area contributed by atoms with Crippen LogP contribution >= 0.6 is 0 Å². The normalized spacial score (nSPS) is 15.6. The summed E-state index contributed by atoms with van der Waals surface area (Å²) in [5, 5.41) is 3.33. The zero-order valence-corrected chi connectivity index (χ0v) is 17.0. The van der Waals surface area contributed by atoms with Gasteiger partial charge in [0.15, 0.2) is 5.96 Å². The van der Waals surface area contributed by atoms with Gasteiger partial charge in [0.1, 0.15) is 5.82 Å². The Morgan fingerprint density at radius 2 is 1.93 bits per heavy atom. The molecule has 28 heavy (non-hydrogen) atoms. The third-order valence-electron chi connectivity index (χ3n) is 4.69. The highest BCUT2D eigenvalue weighted by Gasteiger charge is 2.20. The van der Waals surface area contributed by atoms with Gasteiger partial charge in [0, 0.05) is 46.0 Å². The van der Waals surface area contributed by atoms with E-state index in [0.29, 0.717) is 6.54 Å². The number of nitrogens with one attached hydrogen (secondary N) is 2. The molecule has 1 aliphatic heterocycles. The van der Waals surface area contributed by atoms with Crippen LogP contribution in [0.3, 0.4) is 0 Å². The minimum Gasteiger partial charge on any atom is -0.353 e. The van der Waals surface area contributed by atoms with Crippen LogP contribution in [0.25, 0.3) is 0 Å². The van der Waals surface area contributed by atoms with Crippen molar-refractivity contribution < 1.29 is 8.42 Å². The van der Waals surface area contributed by atoms with E-state index in [1.54, 1.807) is 25.2 Å². The number of hydrogen-bond donors (Lipinski definition) is 2. The highest BCUT2D eigenvalue weighted by Crippen LogP contribution is 2.13. The molecule has 2 N–H and O–H groups in total. The van der Waals surface area contributed by atoms with Crippen LogP contribution in [0.5, 0.6) is 0 Å². The second-order valence-electron chi connectivity index (χ2n) is 6.42. The average molecular weight is 403 g/mol. The second kappa shape index (κ2) is 9.03. The molecule has 0 aliphatic carbocycles. The summed E-state index contributed by atoms with van der Waals surface area (Å²) in [6.45, 7) is 3.91. The number of sulfonamides is 1. The number of anilines is 1. The molecule has 1 fully saturated rings. The Morgan fingerprint density at radius 1 is 1.14 bits per heavy atom. The lowest BCUT2D eigenvalue weighted by atomic mass is 10.2. The van der Waals surface area contributed by atoms with Crippen molar-refractivity contribution in [1.29, 1.82) is 0 Å². The maximum atomic E-state index is 12.0. The van der Waals surface area contributed by atoms with E-state index in [9.17, 15) is 8.42 Å². The first kappa shape index (κ1) is 20.1. The van der Waals surface area contributed by atoms with E-state index in [-0.39, 0.29) is 4.90 Å². The Hall–Kier alpha value is -2.65. The Kier molecular flexibility index (Phi) is 6.48. The SMILES string of the molecule is CN=C(NCc1cccc(S(=O)(=O)NC)c1)N1CCN(c2ccccn2)CC1. The van der Waals surface area contributed by atoms with E-state index < -0.39 is 10.0 Å². The van der Waals surface area contributed by atoms with Gasteiger partial charge >= 0.3 is 0 Å². The van der Waals surface area contributed by atoms with E-state index in [1.165, 1.54) is 7.05 Å². The molecule has 0 atom stereocenters. The van der Waals surface area contributed by atoms with Crippen molar-refractivity contribution >= 4 is 21.8 Å². The van der Waals surface area contributed by atoms with Crippen molar-refractivity contribution in [3.8, 4) is 0 Å². The maximum absolute atomic E-state index is 12.0. The lowest BCUT2D eigenvalue weighted by molar-refractivity contribution is 0.371. The van der Waals surface area contributed by atoms with Gasteiger partial charge in [0.05, 0.1) is 4.90 Å². The molecular weight excluding hydrogens is 376 g/mol. The monoisotopic (exact) mass is 402 g/mol. The molecule has 0 unspecified atom stereocenters. The smallest absolute Gasteiger partial charge is 0.240 e. The molecule has 0 amide bonds. The lowest BCUT2D eigenvalue weighted by Gasteiger charge is -2.37. The summed E-state index contributed by atoms with van der Waals surface area (Å²) in [4.78, 5) is 13.5. The van der Waals surface area contributed by atoms with Gasteiger partial charge in [-0.15, -0.1) is 0 Å². The van der Waals surface area contributed by atoms with Gasteiger partial charge in [0.25, 0.3) is 0 Å². The van der Waals surface area contributed by atoms with Gasteiger partial charge in [-0.3, -0.25) is 4.99 Å². The number of piperazine rings is 1. The van der Waals surface area contributed by atoms with Crippen LogP contribution in [0.2, 0.25) is 0 Å². The lowest BCUT2D eigenvalue weighted by Crippen LogP contribution is -2.52. The molecule has 1 aromatic heterocycles. The minimum atomic E-state index is -3.45. The number of rotatable bonds is 5. The Morgan fingerprint density at radius 3 is 2.57 bits per heavy atom. The van der Waals surface area contributed by atoms with Gasteiger partial charge in [-0.2, -0.15) is 0 Å². The predicted octanol–water partition coefficient (Wildman–Crippen LogP) is 0.887. The first-order chi connectivity index (χ1) is 13.5. The van der Waals surface area contributed by atoms with Crippen LogP contribution in [0.1, 0.15) is 5.56 Å². The van der Waals surface area contributed by atoms with Crippen molar-refractivity contribution in [2.24, 2.45) is 4.99 Å². The summed E-state index contributed by atoms with van der Waals surface area (Å²) in [6, 6.07) is 12.8. The molecule has 2 aromatic rings. The number of nitrogens with zero attached hydrogens (tertiary/aromatic N) is 4. The summed E-state index contributed by atoms with van der Waals surface area (Å²) < 4.78 is 26.3. The van der Waals surface area contributed by atoms with Crippen LogP contribution in [-0.4, -0.2) is 64.5 Å². The van der Waals surface area contributed by atoms with Gasteiger partial charge in [-0.1, -0.05) is 18.2 Å². The van der Waals surface area contributed by atoms with Crippen LogP contribution in [0.15, 0.2) is 58.5 Å². The van der Waals surface area contributed by atoms with Crippen molar-refractivity contribution in [1.82, 2.24) is 19.9 Å². The summed E-state index contributed by atoms with van der Waals surface area (Å²) >= 11 is 0. The van der Waals surface area contributed by atoms with Crippen molar-refractivity contribution in [3.63, 3.8) is 0 Å². The molecule has 0 spiro atoms. The van der Waals surface area contributed by atoms with Crippen molar-refractivity contribution in [2.75, 3.05) is 45.2 Å². The third kappa shape index (κ3) is 4.79. The zero-order valence-electron chi connectivity index (χ0n) is 16.2. The van der Waals surface area contributed by atoms with Gasteiger partial charge in [-0.25, -0.2) is 18.1 Å². The highest BCUT2D eigenvalue weighted by atomic mass is 32.2. The Labute approximate surface area is 166 Å². The fraction of sp³-hybridized carbons (Fsp3) is 0.368. The molecule has 3 rings (SSSR count). The predicted molar refractivity (Wildman–Crippen MR) is 111 cm³/mol. The standard InChI is InChI=1S/C19H26N6O2S/c1-20-19(23-15-16-6-5-7-17(14-16)28(26,27)21-2)25-12-10-24(11-13-25)18-8-3-4-9-22-18/h3-9,14,21H,10-13,15H2,1-2H3,(H,20,23). The molecule has 2 heterocycles. The third-order valence-corrected chi connectivity index (χ3v) is 6.10. The zero-order chi connectivity index (χ0) is 20.0. The quantitative estimate of drug-likeness (QED) is 0.570. The summed E-state index contributed by atoms with van der Waals surface area (Å²) in [7, 11) is -0.279. The average Bonchev–Trinajstić information content (AvgIpc) is 2.75. The van der Waals surface area contributed by atoms with Gasteiger partial charge in [-0.05, 0) is 36.9 Å². The number of aromatic nitrogens is 1. The van der Waals surface area contributed by atoms with Gasteiger partial charge < -0.3 is 15.1 Å². The molecule has 1 aromatic carbocycles.